The van der Waals surface area contributed by atoms with Gasteiger partial charge in [-0.25, -0.2) is 4.39 Å². The molecule has 0 aliphatic heterocycles. The molecule has 0 heterocycles. The molecule has 0 radical (unpaired) electrons. The molecule has 0 atom stereocenters. The van der Waals surface area contributed by atoms with Crippen LogP contribution < -0.4 is 0 Å². The monoisotopic (exact) mass is 276 g/mol. The van der Waals surface area contributed by atoms with Crippen LogP contribution in [0.25, 0.3) is 0 Å². The van der Waals surface area contributed by atoms with E-state index < -0.39 is 0 Å². The Bertz CT molecular complexity index is 311. The van der Waals surface area contributed by atoms with Crippen LogP contribution in [0.15, 0.2) is 22.7 Å². The van der Waals surface area contributed by atoms with Crippen LogP contribution in [0.4, 0.5) is 4.39 Å². The fourth-order valence-electron chi connectivity index (χ4n) is 1.59. The smallest absolute Gasteiger partial charge is 0.123 e. The van der Waals surface area contributed by atoms with Crippen molar-refractivity contribution in [3.63, 3.8) is 0 Å². The topological polar surface area (TPSA) is 40.5 Å². The normalized spacial score (nSPS) is 11.0. The molecule has 2 nitrogen and oxygen atoms in total. The lowest BCUT2D eigenvalue weighted by atomic mass is 9.93. The Morgan fingerprint density at radius 1 is 1.20 bits per heavy atom. The maximum Gasteiger partial charge on any atom is 0.123 e. The fraction of sp³-hybridized carbons (Fsp3) is 0.455. The first-order chi connectivity index (χ1) is 7.19. The Balaban J connectivity index is 2.93. The standard InChI is InChI=1S/C11H14BrFO2/c12-11-2-1-9(13)7-10(11)8(3-5-14)4-6-15/h1-2,7-8,14-15H,3-6H2. The molecule has 0 saturated heterocycles. The van der Waals surface area contributed by atoms with Crippen molar-refractivity contribution in [2.45, 2.75) is 18.8 Å². The lowest BCUT2D eigenvalue weighted by Crippen LogP contribution is -2.05. The highest BCUT2D eigenvalue weighted by Crippen LogP contribution is 2.30. The van der Waals surface area contributed by atoms with Gasteiger partial charge in [0, 0.05) is 17.7 Å². The van der Waals surface area contributed by atoms with Gasteiger partial charge in [0.2, 0.25) is 0 Å². The number of aliphatic hydroxyl groups excluding tert-OH is 2. The Kier molecular flexibility index (Phi) is 5.22. The van der Waals surface area contributed by atoms with Gasteiger partial charge in [-0.3, -0.25) is 0 Å². The number of hydrogen-bond acceptors (Lipinski definition) is 2. The minimum Gasteiger partial charge on any atom is -0.396 e. The summed E-state index contributed by atoms with van der Waals surface area (Å²) in [6, 6.07) is 4.47. The number of halogens is 2. The molecule has 0 fully saturated rings. The minimum atomic E-state index is -0.297. The SMILES string of the molecule is OCCC(CCO)c1cc(F)ccc1Br. The summed E-state index contributed by atoms with van der Waals surface area (Å²) in [4.78, 5) is 0. The van der Waals surface area contributed by atoms with Crippen molar-refractivity contribution in [1.82, 2.24) is 0 Å². The van der Waals surface area contributed by atoms with E-state index in [2.05, 4.69) is 15.9 Å². The molecule has 0 amide bonds. The van der Waals surface area contributed by atoms with E-state index >= 15 is 0 Å². The molecule has 0 aliphatic rings. The predicted octanol–water partition coefficient (Wildman–Crippen LogP) is 2.44. The highest BCUT2D eigenvalue weighted by molar-refractivity contribution is 9.10. The summed E-state index contributed by atoms with van der Waals surface area (Å²) in [6.45, 7) is 0.0707. The summed E-state index contributed by atoms with van der Waals surface area (Å²) in [5.41, 5.74) is 0.804. The average molecular weight is 277 g/mol. The first kappa shape index (κ1) is 12.6. The second-order valence-electron chi connectivity index (χ2n) is 3.39. The van der Waals surface area contributed by atoms with Gasteiger partial charge < -0.3 is 10.2 Å². The average Bonchev–Trinajstić information content (AvgIpc) is 2.21. The van der Waals surface area contributed by atoms with Gasteiger partial charge >= 0.3 is 0 Å². The van der Waals surface area contributed by atoms with Crippen molar-refractivity contribution in [2.75, 3.05) is 13.2 Å². The zero-order valence-corrected chi connectivity index (χ0v) is 9.87. The van der Waals surface area contributed by atoms with Gasteiger partial charge in [-0.15, -0.1) is 0 Å². The Morgan fingerprint density at radius 2 is 1.80 bits per heavy atom. The van der Waals surface area contributed by atoms with E-state index in [1.54, 1.807) is 6.07 Å². The summed E-state index contributed by atoms with van der Waals surface area (Å²) >= 11 is 3.34. The van der Waals surface area contributed by atoms with E-state index in [0.717, 1.165) is 10.0 Å². The quantitative estimate of drug-likeness (QED) is 0.867. The molecule has 1 rings (SSSR count). The molecule has 0 aromatic heterocycles. The molecule has 0 unspecified atom stereocenters. The van der Waals surface area contributed by atoms with Crippen LogP contribution in [0.1, 0.15) is 24.3 Å². The number of aliphatic hydroxyl groups is 2. The molecular weight excluding hydrogens is 263 g/mol. The third-order valence-electron chi connectivity index (χ3n) is 2.35. The van der Waals surface area contributed by atoms with E-state index in [9.17, 15) is 4.39 Å². The Labute approximate surface area is 96.9 Å². The second-order valence-corrected chi connectivity index (χ2v) is 4.24. The van der Waals surface area contributed by atoms with Crippen molar-refractivity contribution < 1.29 is 14.6 Å². The van der Waals surface area contributed by atoms with E-state index in [-0.39, 0.29) is 24.9 Å². The molecule has 0 bridgehead atoms. The summed E-state index contributed by atoms with van der Waals surface area (Å²) in [5, 5.41) is 17.8. The van der Waals surface area contributed by atoms with Crippen molar-refractivity contribution >= 4 is 15.9 Å². The summed E-state index contributed by atoms with van der Waals surface area (Å²) in [7, 11) is 0. The van der Waals surface area contributed by atoms with E-state index in [4.69, 9.17) is 10.2 Å². The summed E-state index contributed by atoms with van der Waals surface area (Å²) < 4.78 is 13.9. The van der Waals surface area contributed by atoms with Crippen LogP contribution in [0.3, 0.4) is 0 Å². The van der Waals surface area contributed by atoms with Gasteiger partial charge in [-0.05, 0) is 42.5 Å². The van der Waals surface area contributed by atoms with E-state index in [0.29, 0.717) is 12.8 Å². The van der Waals surface area contributed by atoms with Gasteiger partial charge in [0.05, 0.1) is 0 Å². The van der Waals surface area contributed by atoms with Crippen LogP contribution in [-0.4, -0.2) is 23.4 Å². The molecule has 2 N–H and O–H groups in total. The second kappa shape index (κ2) is 6.20. The molecule has 4 heteroatoms. The molecule has 84 valence electrons. The van der Waals surface area contributed by atoms with Gasteiger partial charge in [-0.2, -0.15) is 0 Å². The summed E-state index contributed by atoms with van der Waals surface area (Å²) in [5.74, 6) is -0.306. The van der Waals surface area contributed by atoms with E-state index in [1.165, 1.54) is 12.1 Å². The number of benzene rings is 1. The molecule has 1 aromatic carbocycles. The van der Waals surface area contributed by atoms with E-state index in [1.807, 2.05) is 0 Å². The molecule has 1 aromatic rings. The largest absolute Gasteiger partial charge is 0.396 e. The van der Waals surface area contributed by atoms with Gasteiger partial charge in [0.15, 0.2) is 0 Å². The van der Waals surface area contributed by atoms with Crippen LogP contribution in [0, 0.1) is 5.82 Å². The molecular formula is C11H14BrFO2. The molecule has 15 heavy (non-hydrogen) atoms. The van der Waals surface area contributed by atoms with Crippen molar-refractivity contribution in [2.24, 2.45) is 0 Å². The van der Waals surface area contributed by atoms with Crippen LogP contribution in [0.2, 0.25) is 0 Å². The summed E-state index contributed by atoms with van der Waals surface area (Å²) in [6.07, 6.45) is 1.06. The zero-order chi connectivity index (χ0) is 11.3. The molecule has 0 aliphatic carbocycles. The fourth-order valence-corrected chi connectivity index (χ4v) is 2.16. The molecule has 0 spiro atoms. The number of rotatable bonds is 5. The first-order valence-corrected chi connectivity index (χ1v) is 5.65. The van der Waals surface area contributed by atoms with Gasteiger partial charge in [0.1, 0.15) is 5.82 Å². The highest BCUT2D eigenvalue weighted by atomic mass is 79.9. The van der Waals surface area contributed by atoms with Crippen LogP contribution in [-0.2, 0) is 0 Å². The third-order valence-corrected chi connectivity index (χ3v) is 3.08. The highest BCUT2D eigenvalue weighted by Gasteiger charge is 2.14. The molecule has 0 saturated carbocycles. The predicted molar refractivity (Wildman–Crippen MR) is 60.2 cm³/mol. The Morgan fingerprint density at radius 3 is 2.33 bits per heavy atom. The van der Waals surface area contributed by atoms with Gasteiger partial charge in [0.25, 0.3) is 0 Å². The van der Waals surface area contributed by atoms with Crippen molar-refractivity contribution in [1.29, 1.82) is 0 Å². The lowest BCUT2D eigenvalue weighted by molar-refractivity contribution is 0.241. The van der Waals surface area contributed by atoms with Crippen LogP contribution >= 0.6 is 15.9 Å². The minimum absolute atomic E-state index is 0.00919. The maximum atomic E-state index is 13.0. The first-order valence-electron chi connectivity index (χ1n) is 4.85. The maximum absolute atomic E-state index is 13.0. The van der Waals surface area contributed by atoms with Crippen molar-refractivity contribution in [3.05, 3.63) is 34.1 Å². The van der Waals surface area contributed by atoms with Crippen molar-refractivity contribution in [3.8, 4) is 0 Å². The van der Waals surface area contributed by atoms with Crippen LogP contribution in [0.5, 0.6) is 0 Å². The number of hydrogen-bond donors (Lipinski definition) is 2. The third kappa shape index (κ3) is 3.55. The Hall–Kier alpha value is -0.450. The zero-order valence-electron chi connectivity index (χ0n) is 8.29. The lowest BCUT2D eigenvalue weighted by Gasteiger charge is -2.16. The van der Waals surface area contributed by atoms with Gasteiger partial charge in [-0.1, -0.05) is 15.9 Å².